The molecule has 0 aliphatic heterocycles. The molecular formula is C22H27NO6. The molecule has 1 unspecified atom stereocenters. The van der Waals surface area contributed by atoms with Gasteiger partial charge in [0.05, 0.1) is 59.2 Å². The number of benzene rings is 1. The van der Waals surface area contributed by atoms with Crippen molar-refractivity contribution in [3.8, 4) is 11.5 Å². The maximum Gasteiger partial charge on any atom is 0.161 e. The predicted octanol–water partition coefficient (Wildman–Crippen LogP) is 3.47. The lowest BCUT2D eigenvalue weighted by molar-refractivity contribution is 0.00506. The lowest BCUT2D eigenvalue weighted by Gasteiger charge is -2.23. The van der Waals surface area contributed by atoms with Crippen molar-refractivity contribution in [2.24, 2.45) is 0 Å². The summed E-state index contributed by atoms with van der Waals surface area (Å²) in [4.78, 5) is 2.06. The van der Waals surface area contributed by atoms with E-state index in [0.717, 1.165) is 17.1 Å². The molecule has 1 aromatic carbocycles. The molecule has 2 heterocycles. The van der Waals surface area contributed by atoms with Crippen LogP contribution in [0.15, 0.2) is 63.8 Å². The minimum absolute atomic E-state index is 0.209. The predicted molar refractivity (Wildman–Crippen MR) is 107 cm³/mol. The Balaban J connectivity index is 1.50. The van der Waals surface area contributed by atoms with Crippen LogP contribution in [0.4, 0.5) is 0 Å². The zero-order valence-electron chi connectivity index (χ0n) is 16.7. The van der Waals surface area contributed by atoms with Gasteiger partial charge in [-0.3, -0.25) is 4.90 Å². The maximum absolute atomic E-state index is 10.5. The van der Waals surface area contributed by atoms with E-state index in [9.17, 15) is 5.11 Å². The van der Waals surface area contributed by atoms with E-state index in [2.05, 4.69) is 4.90 Å². The minimum Gasteiger partial charge on any atom is -0.493 e. The van der Waals surface area contributed by atoms with Gasteiger partial charge in [0.15, 0.2) is 11.5 Å². The fourth-order valence-corrected chi connectivity index (χ4v) is 3.06. The Labute approximate surface area is 170 Å². The Morgan fingerprint density at radius 2 is 1.59 bits per heavy atom. The topological polar surface area (TPSA) is 77.4 Å². The Bertz CT molecular complexity index is 795. The van der Waals surface area contributed by atoms with Crippen LogP contribution in [0.2, 0.25) is 0 Å². The van der Waals surface area contributed by atoms with Crippen molar-refractivity contribution >= 4 is 0 Å². The lowest BCUT2D eigenvalue weighted by atomic mass is 10.2. The van der Waals surface area contributed by atoms with E-state index in [1.165, 1.54) is 0 Å². The number of aliphatic hydroxyl groups is 1. The van der Waals surface area contributed by atoms with Crippen molar-refractivity contribution in [3.63, 3.8) is 0 Å². The van der Waals surface area contributed by atoms with Gasteiger partial charge >= 0.3 is 0 Å². The first-order valence-corrected chi connectivity index (χ1v) is 9.41. The smallest absolute Gasteiger partial charge is 0.161 e. The van der Waals surface area contributed by atoms with E-state index >= 15 is 0 Å². The number of rotatable bonds is 12. The second-order valence-electron chi connectivity index (χ2n) is 6.69. The summed E-state index contributed by atoms with van der Waals surface area (Å²) in [6.07, 6.45) is 2.63. The lowest BCUT2D eigenvalue weighted by Crippen LogP contribution is -2.34. The molecule has 0 saturated heterocycles. The van der Waals surface area contributed by atoms with Crippen molar-refractivity contribution in [2.45, 2.75) is 25.8 Å². The van der Waals surface area contributed by atoms with E-state index < -0.39 is 6.10 Å². The molecule has 0 amide bonds. The number of hydrogen-bond donors (Lipinski definition) is 1. The molecule has 29 heavy (non-hydrogen) atoms. The maximum atomic E-state index is 10.5. The molecule has 3 rings (SSSR count). The third-order valence-electron chi connectivity index (χ3n) is 4.41. The SMILES string of the molecule is COc1ccc(COCC(O)CN(Cc2ccco2)Cc2ccco2)cc1OC. The van der Waals surface area contributed by atoms with Gasteiger partial charge in [0.1, 0.15) is 11.5 Å². The van der Waals surface area contributed by atoms with Gasteiger partial charge in [-0.15, -0.1) is 0 Å². The zero-order valence-corrected chi connectivity index (χ0v) is 16.7. The van der Waals surface area contributed by atoms with Crippen LogP contribution in [-0.4, -0.2) is 43.5 Å². The Kier molecular flexibility index (Phi) is 7.75. The van der Waals surface area contributed by atoms with Gasteiger partial charge in [0, 0.05) is 6.54 Å². The molecule has 2 aromatic heterocycles. The highest BCUT2D eigenvalue weighted by molar-refractivity contribution is 5.42. The van der Waals surface area contributed by atoms with E-state index in [-0.39, 0.29) is 6.61 Å². The molecule has 1 N–H and O–H groups in total. The van der Waals surface area contributed by atoms with E-state index in [1.807, 2.05) is 42.5 Å². The fourth-order valence-electron chi connectivity index (χ4n) is 3.06. The van der Waals surface area contributed by atoms with Crippen LogP contribution < -0.4 is 9.47 Å². The number of furan rings is 2. The minimum atomic E-state index is -0.653. The molecule has 0 radical (unpaired) electrons. The van der Waals surface area contributed by atoms with Crippen molar-refractivity contribution in [1.82, 2.24) is 4.90 Å². The van der Waals surface area contributed by atoms with Crippen molar-refractivity contribution in [2.75, 3.05) is 27.4 Å². The van der Waals surface area contributed by atoms with E-state index in [4.69, 9.17) is 23.0 Å². The van der Waals surface area contributed by atoms with Crippen LogP contribution >= 0.6 is 0 Å². The first-order valence-electron chi connectivity index (χ1n) is 9.41. The molecule has 7 nitrogen and oxygen atoms in total. The standard InChI is InChI=1S/C22H27NO6/c1-25-21-8-7-17(11-22(21)26-2)15-27-16-18(24)12-23(13-19-5-3-9-28-19)14-20-6-4-10-29-20/h3-11,18,24H,12-16H2,1-2H3. The molecule has 3 aromatic rings. The number of aliphatic hydroxyl groups excluding tert-OH is 1. The first-order chi connectivity index (χ1) is 14.2. The molecule has 0 bridgehead atoms. The van der Waals surface area contributed by atoms with Crippen molar-refractivity contribution in [1.29, 1.82) is 0 Å². The summed E-state index contributed by atoms with van der Waals surface area (Å²) in [5.41, 5.74) is 0.942. The fraction of sp³-hybridized carbons (Fsp3) is 0.364. The van der Waals surface area contributed by atoms with Gasteiger partial charge < -0.3 is 28.2 Å². The summed E-state index contributed by atoms with van der Waals surface area (Å²) in [5.74, 6) is 2.98. The van der Waals surface area contributed by atoms with Crippen LogP contribution in [-0.2, 0) is 24.4 Å². The Morgan fingerprint density at radius 3 is 2.14 bits per heavy atom. The number of nitrogens with zero attached hydrogens (tertiary/aromatic N) is 1. The average molecular weight is 401 g/mol. The van der Waals surface area contributed by atoms with Crippen LogP contribution in [0.5, 0.6) is 11.5 Å². The Hall–Kier alpha value is -2.74. The third-order valence-corrected chi connectivity index (χ3v) is 4.41. The number of hydrogen-bond acceptors (Lipinski definition) is 7. The van der Waals surface area contributed by atoms with Crippen LogP contribution in [0, 0.1) is 0 Å². The molecule has 1 atom stereocenters. The van der Waals surface area contributed by atoms with Crippen molar-refractivity contribution < 1.29 is 28.2 Å². The molecular weight excluding hydrogens is 374 g/mol. The van der Waals surface area contributed by atoms with Gasteiger partial charge in [-0.25, -0.2) is 0 Å². The summed E-state index contributed by atoms with van der Waals surface area (Å²) >= 11 is 0. The van der Waals surface area contributed by atoms with Gasteiger partial charge in [0.25, 0.3) is 0 Å². The second kappa shape index (κ2) is 10.7. The number of ether oxygens (including phenoxy) is 3. The highest BCUT2D eigenvalue weighted by Crippen LogP contribution is 2.27. The summed E-state index contributed by atoms with van der Waals surface area (Å²) < 4.78 is 27.1. The molecule has 0 saturated carbocycles. The van der Waals surface area contributed by atoms with Gasteiger partial charge in [-0.1, -0.05) is 6.07 Å². The third kappa shape index (κ3) is 6.39. The summed E-state index contributed by atoms with van der Waals surface area (Å²) in [7, 11) is 3.19. The molecule has 156 valence electrons. The number of methoxy groups -OCH3 is 2. The highest BCUT2D eigenvalue weighted by atomic mass is 16.5. The van der Waals surface area contributed by atoms with Crippen LogP contribution in [0.25, 0.3) is 0 Å². The van der Waals surface area contributed by atoms with E-state index in [1.54, 1.807) is 26.7 Å². The zero-order chi connectivity index (χ0) is 20.5. The molecule has 0 aliphatic rings. The quantitative estimate of drug-likeness (QED) is 0.498. The second-order valence-corrected chi connectivity index (χ2v) is 6.69. The van der Waals surface area contributed by atoms with E-state index in [0.29, 0.717) is 37.7 Å². The van der Waals surface area contributed by atoms with Crippen molar-refractivity contribution in [3.05, 3.63) is 72.1 Å². The molecule has 0 fully saturated rings. The molecule has 0 spiro atoms. The summed E-state index contributed by atoms with van der Waals surface area (Å²) in [5, 5.41) is 10.5. The van der Waals surface area contributed by atoms with Gasteiger partial charge in [-0.2, -0.15) is 0 Å². The summed E-state index contributed by atoms with van der Waals surface area (Å²) in [6, 6.07) is 13.1. The first kappa shape index (κ1) is 21.0. The average Bonchev–Trinajstić information content (AvgIpc) is 3.42. The highest BCUT2D eigenvalue weighted by Gasteiger charge is 2.16. The largest absolute Gasteiger partial charge is 0.493 e. The monoisotopic (exact) mass is 401 g/mol. The Morgan fingerprint density at radius 1 is 0.931 bits per heavy atom. The normalized spacial score (nSPS) is 12.3. The molecule has 7 heteroatoms. The molecule has 0 aliphatic carbocycles. The van der Waals surface area contributed by atoms with Crippen LogP contribution in [0.1, 0.15) is 17.1 Å². The van der Waals surface area contributed by atoms with Gasteiger partial charge in [0.2, 0.25) is 0 Å². The summed E-state index contributed by atoms with van der Waals surface area (Å²) in [6.45, 7) is 2.14. The van der Waals surface area contributed by atoms with Crippen LogP contribution in [0.3, 0.4) is 0 Å². The van der Waals surface area contributed by atoms with Gasteiger partial charge in [-0.05, 0) is 42.0 Å².